The normalized spacial score (nSPS) is 16.6. The van der Waals surface area contributed by atoms with E-state index in [1.54, 1.807) is 17.0 Å². The maximum atomic E-state index is 12.9. The predicted octanol–water partition coefficient (Wildman–Crippen LogP) is 4.42. The van der Waals surface area contributed by atoms with Crippen molar-refractivity contribution >= 4 is 5.91 Å². The second-order valence-corrected chi connectivity index (χ2v) is 7.47. The molecule has 7 heteroatoms. The van der Waals surface area contributed by atoms with E-state index >= 15 is 0 Å². The number of halogens is 3. The van der Waals surface area contributed by atoms with E-state index in [2.05, 4.69) is 33.9 Å². The van der Waals surface area contributed by atoms with Crippen LogP contribution in [0.3, 0.4) is 0 Å². The fraction of sp³-hybridized carbons (Fsp3) is 0.318. The van der Waals surface area contributed by atoms with Crippen LogP contribution >= 0.6 is 0 Å². The Hall–Kier alpha value is -2.80. The van der Waals surface area contributed by atoms with Crippen LogP contribution < -0.4 is 4.74 Å². The largest absolute Gasteiger partial charge is 0.573 e. The zero-order chi connectivity index (χ0) is 20.6. The van der Waals surface area contributed by atoms with Gasteiger partial charge in [0, 0.05) is 38.3 Å². The molecule has 1 amide bonds. The molecule has 0 aromatic heterocycles. The van der Waals surface area contributed by atoms with Crippen molar-refractivity contribution in [1.82, 2.24) is 9.80 Å². The third-order valence-electron chi connectivity index (χ3n) is 5.17. The first-order valence-electron chi connectivity index (χ1n) is 9.42. The highest BCUT2D eigenvalue weighted by molar-refractivity contribution is 5.99. The zero-order valence-electron chi connectivity index (χ0n) is 16.0. The van der Waals surface area contributed by atoms with Gasteiger partial charge in [-0.25, -0.2) is 0 Å². The van der Waals surface area contributed by atoms with Crippen molar-refractivity contribution in [1.29, 1.82) is 0 Å². The van der Waals surface area contributed by atoms with Crippen molar-refractivity contribution in [3.05, 3.63) is 76.4 Å². The predicted molar refractivity (Wildman–Crippen MR) is 102 cm³/mol. The average molecular weight is 402 g/mol. The Morgan fingerprint density at radius 2 is 1.69 bits per heavy atom. The smallest absolute Gasteiger partial charge is 0.406 e. The molecule has 4 rings (SSSR count). The number of amides is 1. The molecule has 2 aliphatic heterocycles. The van der Waals surface area contributed by atoms with Crippen molar-refractivity contribution in [3.63, 3.8) is 0 Å². The quantitative estimate of drug-likeness (QED) is 0.694. The lowest BCUT2D eigenvalue weighted by atomic mass is 10.00. The first kappa shape index (κ1) is 19.5. The lowest BCUT2D eigenvalue weighted by Gasteiger charge is -2.16. The molecule has 152 valence electrons. The van der Waals surface area contributed by atoms with Crippen LogP contribution in [0.1, 0.15) is 32.6 Å². The fourth-order valence-electron chi connectivity index (χ4n) is 3.95. The van der Waals surface area contributed by atoms with E-state index in [-0.39, 0.29) is 11.7 Å². The molecule has 29 heavy (non-hydrogen) atoms. The summed E-state index contributed by atoms with van der Waals surface area (Å²) in [6.45, 7) is 5.52. The number of benzene rings is 2. The molecular formula is C22H21F3N2O2. The maximum Gasteiger partial charge on any atom is 0.573 e. The molecule has 2 heterocycles. The number of ether oxygens (including phenoxy) is 1. The van der Waals surface area contributed by atoms with Crippen molar-refractivity contribution in [2.24, 2.45) is 0 Å². The third-order valence-corrected chi connectivity index (χ3v) is 5.17. The minimum absolute atomic E-state index is 0.0393. The summed E-state index contributed by atoms with van der Waals surface area (Å²) in [5.41, 5.74) is 4.65. The van der Waals surface area contributed by atoms with Crippen molar-refractivity contribution < 1.29 is 22.7 Å². The fourth-order valence-corrected chi connectivity index (χ4v) is 3.95. The summed E-state index contributed by atoms with van der Waals surface area (Å²) >= 11 is 0. The van der Waals surface area contributed by atoms with Crippen molar-refractivity contribution in [2.75, 3.05) is 13.1 Å². The molecule has 2 aromatic carbocycles. The van der Waals surface area contributed by atoms with Gasteiger partial charge in [-0.15, -0.1) is 13.2 Å². The van der Waals surface area contributed by atoms with Gasteiger partial charge in [0.1, 0.15) is 5.75 Å². The van der Waals surface area contributed by atoms with Gasteiger partial charge >= 0.3 is 6.36 Å². The number of rotatable bonds is 5. The Bertz CT molecular complexity index is 944. The standard InChI is InChI=1S/C22H21F3N2O2/c1-15-10-17(12-26-8-2-3-9-26)11-18-14-27(21(28)20(15)18)13-16-4-6-19(7-5-16)29-22(23,24)25/h2-7,10-11H,8-9,12-14H2,1H3. The topological polar surface area (TPSA) is 32.8 Å². The molecule has 4 nitrogen and oxygen atoms in total. The monoisotopic (exact) mass is 402 g/mol. The SMILES string of the molecule is Cc1cc(CN2CC=CC2)cc2c1C(=O)N(Cc1ccc(OC(F)(F)F)cc1)C2. The van der Waals surface area contributed by atoms with E-state index in [1.165, 1.54) is 17.7 Å². The minimum atomic E-state index is -4.71. The minimum Gasteiger partial charge on any atom is -0.406 e. The lowest BCUT2D eigenvalue weighted by Crippen LogP contribution is -2.23. The summed E-state index contributed by atoms with van der Waals surface area (Å²) < 4.78 is 40.8. The van der Waals surface area contributed by atoms with Gasteiger partial charge in [0.05, 0.1) is 0 Å². The Labute approximate surface area is 167 Å². The molecule has 2 aromatic rings. The van der Waals surface area contributed by atoms with Crippen LogP contribution in [0, 0.1) is 6.92 Å². The van der Waals surface area contributed by atoms with E-state index in [9.17, 15) is 18.0 Å². The Morgan fingerprint density at radius 1 is 1.00 bits per heavy atom. The molecule has 0 atom stereocenters. The van der Waals surface area contributed by atoms with Crippen LogP contribution in [0.25, 0.3) is 0 Å². The summed E-state index contributed by atoms with van der Waals surface area (Å²) in [6.07, 6.45) is -0.415. The van der Waals surface area contributed by atoms with Gasteiger partial charge in [-0.2, -0.15) is 0 Å². The van der Waals surface area contributed by atoms with Crippen LogP contribution in [-0.4, -0.2) is 35.2 Å². The van der Waals surface area contributed by atoms with Crippen molar-refractivity contribution in [3.8, 4) is 5.75 Å². The number of alkyl halides is 3. The summed E-state index contributed by atoms with van der Waals surface area (Å²) in [5.74, 6) is -0.309. The number of fused-ring (bicyclic) bond motifs is 1. The van der Waals surface area contributed by atoms with Gasteiger partial charge in [0.2, 0.25) is 0 Å². The molecule has 0 N–H and O–H groups in total. The van der Waals surface area contributed by atoms with Gasteiger partial charge in [0.25, 0.3) is 5.91 Å². The molecule has 0 saturated heterocycles. The van der Waals surface area contributed by atoms with Crippen molar-refractivity contribution in [2.45, 2.75) is 32.9 Å². The molecule has 2 aliphatic rings. The number of hydrogen-bond donors (Lipinski definition) is 0. The van der Waals surface area contributed by atoms with Crippen LogP contribution in [0.15, 0.2) is 48.6 Å². The van der Waals surface area contributed by atoms with Crippen LogP contribution in [0.4, 0.5) is 13.2 Å². The van der Waals surface area contributed by atoms with Crippen LogP contribution in [-0.2, 0) is 19.6 Å². The molecule has 0 fully saturated rings. The van der Waals surface area contributed by atoms with E-state index in [0.29, 0.717) is 13.1 Å². The second kappa shape index (κ2) is 7.55. The number of hydrogen-bond acceptors (Lipinski definition) is 3. The van der Waals surface area contributed by atoms with E-state index < -0.39 is 6.36 Å². The van der Waals surface area contributed by atoms with Gasteiger partial charge in [-0.05, 0) is 41.3 Å². The Kier molecular flexibility index (Phi) is 5.08. The highest BCUT2D eigenvalue weighted by Gasteiger charge is 2.32. The highest BCUT2D eigenvalue weighted by atomic mass is 19.4. The summed E-state index contributed by atoms with van der Waals surface area (Å²) in [5, 5.41) is 0. The van der Waals surface area contributed by atoms with Gasteiger partial charge in [-0.1, -0.05) is 36.4 Å². The Balaban J connectivity index is 1.45. The maximum absolute atomic E-state index is 12.9. The third kappa shape index (κ3) is 4.45. The first-order valence-corrected chi connectivity index (χ1v) is 9.42. The second-order valence-electron chi connectivity index (χ2n) is 7.47. The van der Waals surface area contributed by atoms with E-state index in [0.717, 1.165) is 41.9 Å². The molecule has 0 aliphatic carbocycles. The number of carbonyl (C=O) groups excluding carboxylic acids is 1. The van der Waals surface area contributed by atoms with E-state index in [4.69, 9.17) is 0 Å². The number of nitrogens with zero attached hydrogens (tertiary/aromatic N) is 2. The lowest BCUT2D eigenvalue weighted by molar-refractivity contribution is -0.274. The molecule has 0 radical (unpaired) electrons. The summed E-state index contributed by atoms with van der Waals surface area (Å²) in [6, 6.07) is 9.81. The first-order chi connectivity index (χ1) is 13.8. The average Bonchev–Trinajstić information content (AvgIpc) is 3.24. The van der Waals surface area contributed by atoms with Crippen LogP contribution in [0.5, 0.6) is 5.75 Å². The Morgan fingerprint density at radius 3 is 2.34 bits per heavy atom. The van der Waals surface area contributed by atoms with Gasteiger partial charge < -0.3 is 9.64 Å². The molecule has 0 unspecified atom stereocenters. The van der Waals surface area contributed by atoms with E-state index in [1.807, 2.05) is 6.92 Å². The van der Waals surface area contributed by atoms with Gasteiger partial charge in [0.15, 0.2) is 0 Å². The highest BCUT2D eigenvalue weighted by Crippen LogP contribution is 2.30. The van der Waals surface area contributed by atoms with Gasteiger partial charge in [-0.3, -0.25) is 9.69 Å². The summed E-state index contributed by atoms with van der Waals surface area (Å²) in [4.78, 5) is 16.9. The summed E-state index contributed by atoms with van der Waals surface area (Å²) in [7, 11) is 0. The molecular weight excluding hydrogens is 381 g/mol. The van der Waals surface area contributed by atoms with Crippen LogP contribution in [0.2, 0.25) is 0 Å². The molecule has 0 saturated carbocycles. The molecule has 0 bridgehead atoms. The number of carbonyl (C=O) groups is 1. The molecule has 0 spiro atoms. The number of aryl methyl sites for hydroxylation is 1. The zero-order valence-corrected chi connectivity index (χ0v) is 16.0.